The van der Waals surface area contributed by atoms with Crippen LogP contribution in [0.15, 0.2) is 48.5 Å². The van der Waals surface area contributed by atoms with E-state index in [4.69, 9.17) is 0 Å². The molecule has 0 spiro atoms. The molecule has 0 bridgehead atoms. The fraction of sp³-hybridized carbons (Fsp3) is 0.526. The van der Waals surface area contributed by atoms with Gasteiger partial charge in [-0.2, -0.15) is 12.1 Å². The third kappa shape index (κ3) is 9.99. The maximum atomic E-state index is 2.49. The summed E-state index contributed by atoms with van der Waals surface area (Å²) in [5.74, 6) is 0. The van der Waals surface area contributed by atoms with E-state index in [1.807, 2.05) is 0 Å². The third-order valence-corrected chi connectivity index (χ3v) is 16.4. The molecule has 0 amide bonds. The fourth-order valence-corrected chi connectivity index (χ4v) is 12.6. The van der Waals surface area contributed by atoms with Crippen molar-refractivity contribution in [2.24, 2.45) is 0 Å². The van der Waals surface area contributed by atoms with Crippen LogP contribution in [0.2, 0.25) is 0 Å². The Bertz CT molecular complexity index is 1180. The second-order valence-corrected chi connectivity index (χ2v) is 18.5. The maximum absolute atomic E-state index is 2.49. The van der Waals surface area contributed by atoms with Gasteiger partial charge in [0.1, 0.15) is 0 Å². The van der Waals surface area contributed by atoms with Crippen LogP contribution in [0, 0.1) is 27.7 Å². The minimum atomic E-state index is -0.0500. The summed E-state index contributed by atoms with van der Waals surface area (Å²) in [5, 5.41) is 9.13. The molecule has 236 valence electrons. The van der Waals surface area contributed by atoms with E-state index >= 15 is 0 Å². The van der Waals surface area contributed by atoms with Crippen LogP contribution in [0.25, 0.3) is 21.5 Å². The van der Waals surface area contributed by atoms with Gasteiger partial charge < -0.3 is 24.8 Å². The van der Waals surface area contributed by atoms with E-state index in [9.17, 15) is 0 Å². The molecule has 0 N–H and O–H groups in total. The average molecular weight is 737 g/mol. The van der Waals surface area contributed by atoms with Crippen LogP contribution in [-0.2, 0) is 26.2 Å². The Balaban J connectivity index is 0.000000767. The summed E-state index contributed by atoms with van der Waals surface area (Å²) in [5.41, 5.74) is 8.94. The number of benzene rings is 2. The molecule has 4 rings (SSSR count). The molecule has 0 aliphatic carbocycles. The molecule has 0 nitrogen and oxygen atoms in total. The predicted molar refractivity (Wildman–Crippen MR) is 190 cm³/mol. The first kappa shape index (κ1) is 43.0. The zero-order valence-electron chi connectivity index (χ0n) is 28.9. The molecule has 4 atom stereocenters. The van der Waals surface area contributed by atoms with E-state index < -0.39 is 0 Å². The van der Waals surface area contributed by atoms with Crippen molar-refractivity contribution in [2.45, 2.75) is 131 Å². The Labute approximate surface area is 299 Å². The van der Waals surface area contributed by atoms with Gasteiger partial charge >= 0.3 is 26.2 Å². The summed E-state index contributed by atoms with van der Waals surface area (Å²) >= 11 is 0. The minimum Gasteiger partial charge on any atom is -1.00 e. The largest absolute Gasteiger partial charge is 4.00 e. The van der Waals surface area contributed by atoms with Crippen molar-refractivity contribution in [3.05, 3.63) is 70.8 Å². The average Bonchev–Trinajstić information content (AvgIpc) is 3.60. The number of aryl methyl sites for hydroxylation is 4. The van der Waals surface area contributed by atoms with Gasteiger partial charge in [0.2, 0.25) is 0 Å². The zero-order valence-corrected chi connectivity index (χ0v) is 34.7. The van der Waals surface area contributed by atoms with Crippen LogP contribution in [-0.4, -0.2) is 22.6 Å². The van der Waals surface area contributed by atoms with Crippen LogP contribution >= 0.6 is 15.8 Å². The van der Waals surface area contributed by atoms with Crippen LogP contribution in [0.3, 0.4) is 0 Å². The monoisotopic (exact) mass is 734 g/mol. The van der Waals surface area contributed by atoms with Crippen molar-refractivity contribution < 1.29 is 51.0 Å². The Morgan fingerprint density at radius 3 is 1.00 bits per heavy atom. The van der Waals surface area contributed by atoms with Crippen molar-refractivity contribution in [1.29, 1.82) is 0 Å². The molecule has 4 unspecified atom stereocenters. The molecule has 43 heavy (non-hydrogen) atoms. The second-order valence-electron chi connectivity index (χ2n) is 12.3. The van der Waals surface area contributed by atoms with E-state index in [0.29, 0.717) is 0 Å². The molecular formula is C38H56Cl2P2Zr. The first-order valence-electron chi connectivity index (χ1n) is 15.9. The van der Waals surface area contributed by atoms with Gasteiger partial charge in [-0.25, -0.2) is 0 Å². The van der Waals surface area contributed by atoms with Gasteiger partial charge in [0.15, 0.2) is 0 Å². The summed E-state index contributed by atoms with van der Waals surface area (Å²) in [7, 11) is -0.1000. The molecule has 0 heterocycles. The van der Waals surface area contributed by atoms with Crippen LogP contribution in [0.4, 0.5) is 0 Å². The molecule has 4 aromatic carbocycles. The molecule has 0 saturated carbocycles. The summed E-state index contributed by atoms with van der Waals surface area (Å²) < 4.78 is 0. The van der Waals surface area contributed by atoms with Crippen molar-refractivity contribution in [3.8, 4) is 0 Å². The number of halogens is 2. The Morgan fingerprint density at radius 2 is 0.767 bits per heavy atom. The van der Waals surface area contributed by atoms with Crippen molar-refractivity contribution in [3.63, 3.8) is 0 Å². The van der Waals surface area contributed by atoms with Gasteiger partial charge in [0.05, 0.1) is 0 Å². The van der Waals surface area contributed by atoms with Crippen LogP contribution < -0.4 is 35.4 Å². The number of rotatable bonds is 10. The smallest absolute Gasteiger partial charge is 1.00 e. The summed E-state index contributed by atoms with van der Waals surface area (Å²) in [6.07, 6.45) is 5.15. The van der Waals surface area contributed by atoms with E-state index in [-0.39, 0.29) is 66.9 Å². The summed E-state index contributed by atoms with van der Waals surface area (Å²) in [6, 6.07) is 19.0. The SMILES string of the molecule is CCC(C)P(c1cc2c(C)ccc(C)c2[cH-]1)C(C)CC.CCC(C)P(c1cc2c(C)ccc(C)c2[cH-]1)C(C)CC.[Cl-].[Cl-].[Zr+4]. The Morgan fingerprint density at radius 1 is 0.512 bits per heavy atom. The van der Waals surface area contributed by atoms with Crippen LogP contribution in [0.1, 0.15) is 103 Å². The predicted octanol–water partition coefficient (Wildman–Crippen LogP) is 5.76. The van der Waals surface area contributed by atoms with Crippen molar-refractivity contribution >= 4 is 48.0 Å². The Hall–Kier alpha value is -0.0169. The first-order chi connectivity index (χ1) is 19.0. The molecule has 0 radical (unpaired) electrons. The zero-order chi connectivity index (χ0) is 29.7. The topological polar surface area (TPSA) is 0 Å². The summed E-state index contributed by atoms with van der Waals surface area (Å²) in [6.45, 7) is 28.0. The minimum absolute atomic E-state index is 0. The molecule has 4 aromatic rings. The second kappa shape index (κ2) is 19.6. The third-order valence-electron chi connectivity index (χ3n) is 9.47. The quantitative estimate of drug-likeness (QED) is 0.144. The number of fused-ring (bicyclic) bond motifs is 2. The van der Waals surface area contributed by atoms with Gasteiger partial charge in [0, 0.05) is 0 Å². The van der Waals surface area contributed by atoms with E-state index in [0.717, 1.165) is 22.6 Å². The Kier molecular flexibility index (Phi) is 19.6. The van der Waals surface area contributed by atoms with Gasteiger partial charge in [-0.05, 0) is 62.2 Å². The number of hydrogen-bond acceptors (Lipinski definition) is 0. The van der Waals surface area contributed by atoms with Gasteiger partial charge in [0.25, 0.3) is 0 Å². The molecule has 0 fully saturated rings. The molecule has 0 aliphatic rings. The van der Waals surface area contributed by atoms with Crippen molar-refractivity contribution in [2.75, 3.05) is 0 Å². The van der Waals surface area contributed by atoms with Gasteiger partial charge in [-0.15, -0.1) is 67.5 Å². The molecular weight excluding hydrogens is 680 g/mol. The fourth-order valence-electron chi connectivity index (χ4n) is 6.12. The molecule has 0 aliphatic heterocycles. The van der Waals surface area contributed by atoms with E-state index in [1.54, 1.807) is 10.6 Å². The standard InChI is InChI=1S/2C19H28P.2ClH.Zr/c2*1-7-15(5)20(16(6)8-2)17-11-18-13(3)9-10-14(4)19(18)12-17;;;/h2*9-12,15-16H,7-8H2,1-6H3;2*1H;/q2*-1;;;+4/p-2. The number of hydrogen-bond donors (Lipinski definition) is 0. The van der Waals surface area contributed by atoms with Gasteiger partial charge in [-0.3, -0.25) is 0 Å². The van der Waals surface area contributed by atoms with Crippen molar-refractivity contribution in [1.82, 2.24) is 0 Å². The van der Waals surface area contributed by atoms with Gasteiger partial charge in [-0.1, -0.05) is 108 Å². The normalized spacial score (nSPS) is 15.2. The maximum Gasteiger partial charge on any atom is 4.00 e. The molecule has 0 saturated heterocycles. The molecule has 0 aromatic heterocycles. The first-order valence-corrected chi connectivity index (χ1v) is 18.8. The summed E-state index contributed by atoms with van der Waals surface area (Å²) in [4.78, 5) is 0. The molecule has 5 heteroatoms. The van der Waals surface area contributed by atoms with E-state index in [1.165, 1.54) is 69.5 Å². The van der Waals surface area contributed by atoms with E-state index in [2.05, 4.69) is 132 Å². The van der Waals surface area contributed by atoms with Crippen LogP contribution in [0.5, 0.6) is 0 Å².